The number of rotatable bonds is 3. The maximum atomic E-state index is 11.1. The first-order valence-electron chi connectivity index (χ1n) is 5.12. The zero-order valence-corrected chi connectivity index (χ0v) is 12.1. The number of hydrogen-bond acceptors (Lipinski definition) is 2. The van der Waals surface area contributed by atoms with E-state index in [0.717, 1.165) is 9.26 Å². The van der Waals surface area contributed by atoms with Crippen LogP contribution in [-0.4, -0.2) is 11.1 Å². The monoisotopic (exact) mass is 373 g/mol. The Morgan fingerprint density at radius 1 is 1.17 bits per heavy atom. The van der Waals surface area contributed by atoms with Gasteiger partial charge < -0.3 is 10.4 Å². The number of nitrogens with one attached hydrogen (secondary N) is 1. The molecule has 0 aliphatic heterocycles. The van der Waals surface area contributed by atoms with Crippen molar-refractivity contribution in [2.45, 2.75) is 0 Å². The number of benzene rings is 2. The molecule has 0 amide bonds. The van der Waals surface area contributed by atoms with E-state index in [1.54, 1.807) is 12.1 Å². The lowest BCUT2D eigenvalue weighted by Crippen LogP contribution is -2.03. The van der Waals surface area contributed by atoms with E-state index in [2.05, 4.69) is 27.9 Å². The molecule has 18 heavy (non-hydrogen) atoms. The van der Waals surface area contributed by atoms with Gasteiger partial charge in [-0.3, -0.25) is 0 Å². The van der Waals surface area contributed by atoms with Gasteiger partial charge in [-0.2, -0.15) is 0 Å². The van der Waals surface area contributed by atoms with Crippen LogP contribution in [0.3, 0.4) is 0 Å². The third-order valence-electron chi connectivity index (χ3n) is 2.36. The van der Waals surface area contributed by atoms with Crippen molar-refractivity contribution < 1.29 is 9.90 Å². The molecule has 2 aromatic rings. The second-order valence-corrected chi connectivity index (χ2v) is 5.20. The summed E-state index contributed by atoms with van der Waals surface area (Å²) in [7, 11) is 0. The maximum Gasteiger partial charge on any atom is 0.337 e. The summed E-state index contributed by atoms with van der Waals surface area (Å²) in [5.41, 5.74) is 1.54. The van der Waals surface area contributed by atoms with Crippen molar-refractivity contribution in [1.29, 1.82) is 0 Å². The summed E-state index contributed by atoms with van der Waals surface area (Å²) in [4.78, 5) is 11.1. The van der Waals surface area contributed by atoms with E-state index >= 15 is 0 Å². The van der Waals surface area contributed by atoms with Crippen LogP contribution in [0, 0.1) is 3.57 Å². The van der Waals surface area contributed by atoms with Gasteiger partial charge in [-0.25, -0.2) is 4.79 Å². The van der Waals surface area contributed by atoms with Crippen LogP contribution in [0.15, 0.2) is 42.5 Å². The Labute approximate surface area is 123 Å². The van der Waals surface area contributed by atoms with E-state index in [4.69, 9.17) is 16.7 Å². The Morgan fingerprint density at radius 3 is 2.56 bits per heavy atom. The van der Waals surface area contributed by atoms with E-state index in [1.165, 1.54) is 6.07 Å². The molecule has 92 valence electrons. The molecule has 2 aromatic carbocycles. The van der Waals surface area contributed by atoms with Crippen molar-refractivity contribution in [1.82, 2.24) is 0 Å². The topological polar surface area (TPSA) is 49.3 Å². The first kappa shape index (κ1) is 13.2. The quantitative estimate of drug-likeness (QED) is 0.785. The van der Waals surface area contributed by atoms with E-state index in [9.17, 15) is 4.79 Å². The highest BCUT2D eigenvalue weighted by atomic mass is 127. The van der Waals surface area contributed by atoms with Crippen LogP contribution in [0.1, 0.15) is 10.4 Å². The average Bonchev–Trinajstić information content (AvgIpc) is 2.34. The summed E-state index contributed by atoms with van der Waals surface area (Å²) in [6.45, 7) is 0. The highest BCUT2D eigenvalue weighted by molar-refractivity contribution is 14.1. The van der Waals surface area contributed by atoms with Crippen molar-refractivity contribution in [2.75, 3.05) is 5.32 Å². The number of carboxylic acids is 1. The molecular formula is C13H9ClINO2. The van der Waals surface area contributed by atoms with E-state index in [-0.39, 0.29) is 5.56 Å². The highest BCUT2D eigenvalue weighted by Crippen LogP contribution is 2.26. The van der Waals surface area contributed by atoms with Crippen LogP contribution in [-0.2, 0) is 0 Å². The average molecular weight is 374 g/mol. The minimum Gasteiger partial charge on any atom is -0.478 e. The van der Waals surface area contributed by atoms with Gasteiger partial charge in [0.2, 0.25) is 0 Å². The van der Waals surface area contributed by atoms with Gasteiger partial charge in [0.05, 0.1) is 16.9 Å². The highest BCUT2D eigenvalue weighted by Gasteiger charge is 2.11. The molecule has 3 nitrogen and oxygen atoms in total. The number of carbonyl (C=O) groups is 1. The van der Waals surface area contributed by atoms with Gasteiger partial charge in [0.25, 0.3) is 0 Å². The number of halogens is 2. The molecule has 5 heteroatoms. The van der Waals surface area contributed by atoms with Crippen molar-refractivity contribution in [2.24, 2.45) is 0 Å². The smallest absolute Gasteiger partial charge is 0.337 e. The Balaban J connectivity index is 2.41. The van der Waals surface area contributed by atoms with Gasteiger partial charge in [0.1, 0.15) is 0 Å². The van der Waals surface area contributed by atoms with Crippen LogP contribution >= 0.6 is 34.2 Å². The van der Waals surface area contributed by atoms with Crippen molar-refractivity contribution >= 4 is 51.5 Å². The largest absolute Gasteiger partial charge is 0.478 e. The number of aromatic carboxylic acids is 1. The molecule has 0 unspecified atom stereocenters. The van der Waals surface area contributed by atoms with Gasteiger partial charge in [0, 0.05) is 8.59 Å². The number of carboxylic acid groups (broad SMARTS) is 1. The lowest BCUT2D eigenvalue weighted by atomic mass is 10.1. The predicted molar refractivity (Wildman–Crippen MR) is 80.9 cm³/mol. The van der Waals surface area contributed by atoms with Crippen LogP contribution in [0.4, 0.5) is 11.4 Å². The molecule has 0 aliphatic rings. The number of anilines is 2. The molecule has 0 atom stereocenters. The molecule has 0 saturated heterocycles. The first-order valence-corrected chi connectivity index (χ1v) is 6.58. The summed E-state index contributed by atoms with van der Waals surface area (Å²) in [5, 5.41) is 12.6. The second-order valence-electron chi connectivity index (χ2n) is 3.60. The first-order chi connectivity index (χ1) is 8.58. The molecule has 0 aliphatic carbocycles. The third kappa shape index (κ3) is 2.94. The van der Waals surface area contributed by atoms with Gasteiger partial charge in [0.15, 0.2) is 0 Å². The molecule has 0 saturated carbocycles. The minimum absolute atomic E-state index is 0.155. The Hall–Kier alpha value is -1.27. The summed E-state index contributed by atoms with van der Waals surface area (Å²) in [6, 6.07) is 12.4. The Bertz CT molecular complexity index is 601. The molecule has 2 rings (SSSR count). The lowest BCUT2D eigenvalue weighted by Gasteiger charge is -2.11. The van der Waals surface area contributed by atoms with Gasteiger partial charge in [-0.15, -0.1) is 0 Å². The molecule has 2 N–H and O–H groups in total. The number of para-hydroxylation sites is 1. The minimum atomic E-state index is -1.01. The predicted octanol–water partition coefficient (Wildman–Crippen LogP) is 4.39. The standard InChI is InChI=1S/C13H9ClINO2/c14-8-5-6-11(9(7-8)13(17)18)16-12-4-2-1-3-10(12)15/h1-7,16H,(H,17,18). The van der Waals surface area contributed by atoms with Crippen LogP contribution < -0.4 is 5.32 Å². The Kier molecular flexibility index (Phi) is 4.08. The fraction of sp³-hybridized carbons (Fsp3) is 0. The molecule has 0 heterocycles. The van der Waals surface area contributed by atoms with Crippen LogP contribution in [0.25, 0.3) is 0 Å². The zero-order chi connectivity index (χ0) is 13.1. The second kappa shape index (κ2) is 5.58. The summed E-state index contributed by atoms with van der Waals surface area (Å²) >= 11 is 7.99. The summed E-state index contributed by atoms with van der Waals surface area (Å²) in [5.74, 6) is -1.01. The number of hydrogen-bond donors (Lipinski definition) is 2. The zero-order valence-electron chi connectivity index (χ0n) is 9.15. The van der Waals surface area contributed by atoms with Gasteiger partial charge >= 0.3 is 5.97 Å². The Morgan fingerprint density at radius 2 is 1.89 bits per heavy atom. The maximum absolute atomic E-state index is 11.1. The molecule has 0 radical (unpaired) electrons. The SMILES string of the molecule is O=C(O)c1cc(Cl)ccc1Nc1ccccc1I. The molecular weight excluding hydrogens is 365 g/mol. The van der Waals surface area contributed by atoms with E-state index in [1.807, 2.05) is 24.3 Å². The van der Waals surface area contributed by atoms with Crippen molar-refractivity contribution in [3.8, 4) is 0 Å². The van der Waals surface area contributed by atoms with Crippen molar-refractivity contribution in [3.63, 3.8) is 0 Å². The van der Waals surface area contributed by atoms with Crippen LogP contribution in [0.2, 0.25) is 5.02 Å². The molecule has 0 fully saturated rings. The van der Waals surface area contributed by atoms with Crippen molar-refractivity contribution in [3.05, 3.63) is 56.6 Å². The molecule has 0 spiro atoms. The molecule has 0 aromatic heterocycles. The third-order valence-corrected chi connectivity index (χ3v) is 3.53. The summed E-state index contributed by atoms with van der Waals surface area (Å²) in [6.07, 6.45) is 0. The van der Waals surface area contributed by atoms with Gasteiger partial charge in [-0.05, 0) is 52.9 Å². The summed E-state index contributed by atoms with van der Waals surface area (Å²) < 4.78 is 1.02. The fourth-order valence-corrected chi connectivity index (χ4v) is 2.20. The van der Waals surface area contributed by atoms with E-state index in [0.29, 0.717) is 10.7 Å². The van der Waals surface area contributed by atoms with Crippen LogP contribution in [0.5, 0.6) is 0 Å². The normalized spacial score (nSPS) is 10.1. The van der Waals surface area contributed by atoms with E-state index < -0.39 is 5.97 Å². The van der Waals surface area contributed by atoms with Gasteiger partial charge in [-0.1, -0.05) is 23.7 Å². The fourth-order valence-electron chi connectivity index (χ4n) is 1.51. The molecule has 0 bridgehead atoms. The lowest BCUT2D eigenvalue weighted by molar-refractivity contribution is 0.0698.